The summed E-state index contributed by atoms with van der Waals surface area (Å²) in [5.74, 6) is 1.03. The second-order valence-electron chi connectivity index (χ2n) is 6.74. The molecule has 1 amide bonds. The zero-order chi connectivity index (χ0) is 18.6. The van der Waals surface area contributed by atoms with Crippen LogP contribution in [0.1, 0.15) is 19.8 Å². The molecule has 0 N–H and O–H groups in total. The Balaban J connectivity index is 1.43. The molecule has 0 unspecified atom stereocenters. The van der Waals surface area contributed by atoms with Crippen LogP contribution in [0.2, 0.25) is 0 Å². The molecule has 2 aliphatic rings. The van der Waals surface area contributed by atoms with Crippen LogP contribution < -0.4 is 4.74 Å². The maximum Gasteiger partial charge on any atom is 0.409 e. The largest absolute Gasteiger partial charge is 0.493 e. The van der Waals surface area contributed by atoms with Crippen LogP contribution in [0.5, 0.6) is 5.75 Å². The molecule has 0 aromatic heterocycles. The van der Waals surface area contributed by atoms with Crippen LogP contribution in [0.25, 0.3) is 0 Å². The minimum absolute atomic E-state index is 0.226. The molecule has 0 bridgehead atoms. The fraction of sp³-hybridized carbons (Fsp3) is 0.611. The number of carbonyl (C=O) groups excluding carboxylic acids is 1. The van der Waals surface area contributed by atoms with E-state index in [0.717, 1.165) is 5.75 Å². The Kier molecular flexibility index (Phi) is 6.03. The van der Waals surface area contributed by atoms with E-state index in [9.17, 15) is 13.2 Å². The second-order valence-corrected chi connectivity index (χ2v) is 8.95. The molecular formula is C18H26N2O5S. The highest BCUT2D eigenvalue weighted by Gasteiger charge is 2.42. The van der Waals surface area contributed by atoms with Crippen molar-refractivity contribution in [3.05, 3.63) is 30.3 Å². The van der Waals surface area contributed by atoms with Crippen LogP contribution in [-0.4, -0.2) is 68.4 Å². The highest BCUT2D eigenvalue weighted by Crippen LogP contribution is 2.28. The number of likely N-dealkylation sites (tertiary alicyclic amines) is 1. The van der Waals surface area contributed by atoms with Crippen molar-refractivity contribution in [1.29, 1.82) is 0 Å². The molecule has 0 saturated carbocycles. The number of amides is 1. The Morgan fingerprint density at radius 3 is 2.42 bits per heavy atom. The van der Waals surface area contributed by atoms with Gasteiger partial charge in [-0.15, -0.1) is 0 Å². The van der Waals surface area contributed by atoms with E-state index in [1.54, 1.807) is 16.1 Å². The van der Waals surface area contributed by atoms with Crippen molar-refractivity contribution < 1.29 is 22.7 Å². The summed E-state index contributed by atoms with van der Waals surface area (Å²) < 4.78 is 37.7. The van der Waals surface area contributed by atoms with Gasteiger partial charge in [0.25, 0.3) is 0 Å². The van der Waals surface area contributed by atoms with E-state index < -0.39 is 15.3 Å². The molecule has 2 heterocycles. The second kappa shape index (κ2) is 8.26. The van der Waals surface area contributed by atoms with Gasteiger partial charge < -0.3 is 14.4 Å². The summed E-state index contributed by atoms with van der Waals surface area (Å²) in [6, 6.07) is 9.54. The van der Waals surface area contributed by atoms with Crippen molar-refractivity contribution in [2.24, 2.45) is 5.92 Å². The molecule has 2 saturated heterocycles. The maximum absolute atomic E-state index is 12.7. The number of sulfonamides is 1. The number of rotatable bonds is 6. The molecule has 2 fully saturated rings. The van der Waals surface area contributed by atoms with Crippen LogP contribution in [0.4, 0.5) is 4.79 Å². The molecular weight excluding hydrogens is 356 g/mol. The summed E-state index contributed by atoms with van der Waals surface area (Å²) in [4.78, 5) is 13.3. The molecule has 144 valence electrons. The van der Waals surface area contributed by atoms with E-state index >= 15 is 0 Å². The molecule has 8 heteroatoms. The van der Waals surface area contributed by atoms with Gasteiger partial charge >= 0.3 is 6.09 Å². The molecule has 3 rings (SSSR count). The highest BCUT2D eigenvalue weighted by atomic mass is 32.2. The normalized spacial score (nSPS) is 19.8. The Labute approximate surface area is 154 Å². The van der Waals surface area contributed by atoms with Gasteiger partial charge in [-0.1, -0.05) is 18.2 Å². The number of hydrogen-bond donors (Lipinski definition) is 0. The number of piperidine rings is 1. The van der Waals surface area contributed by atoms with Gasteiger partial charge in [0.1, 0.15) is 5.75 Å². The van der Waals surface area contributed by atoms with Crippen molar-refractivity contribution in [2.45, 2.75) is 25.0 Å². The first kappa shape index (κ1) is 19.0. The first-order valence-electron chi connectivity index (χ1n) is 9.09. The Morgan fingerprint density at radius 2 is 1.81 bits per heavy atom. The van der Waals surface area contributed by atoms with E-state index in [-0.39, 0.29) is 12.0 Å². The van der Waals surface area contributed by atoms with Gasteiger partial charge in [-0.25, -0.2) is 17.5 Å². The fourth-order valence-corrected chi connectivity index (χ4v) is 5.39. The summed E-state index contributed by atoms with van der Waals surface area (Å²) in [5.41, 5.74) is 0. The lowest BCUT2D eigenvalue weighted by atomic mass is 10.1. The third kappa shape index (κ3) is 4.29. The van der Waals surface area contributed by atoms with Crippen molar-refractivity contribution in [2.75, 3.05) is 39.4 Å². The average molecular weight is 382 g/mol. The Bertz CT molecular complexity index is 696. The van der Waals surface area contributed by atoms with E-state index in [2.05, 4.69) is 0 Å². The third-order valence-electron chi connectivity index (χ3n) is 4.90. The first-order valence-corrected chi connectivity index (χ1v) is 10.6. The van der Waals surface area contributed by atoms with Gasteiger partial charge in [-0.3, -0.25) is 0 Å². The summed E-state index contributed by atoms with van der Waals surface area (Å²) in [5, 5.41) is -0.413. The molecule has 0 atom stereocenters. The molecule has 1 aromatic rings. The van der Waals surface area contributed by atoms with Crippen LogP contribution in [0, 0.1) is 5.92 Å². The summed E-state index contributed by atoms with van der Waals surface area (Å²) in [6.45, 7) is 4.49. The van der Waals surface area contributed by atoms with Gasteiger partial charge in [-0.05, 0) is 31.9 Å². The fourth-order valence-electron chi connectivity index (χ4n) is 3.33. The maximum atomic E-state index is 12.7. The molecule has 7 nitrogen and oxygen atoms in total. The Morgan fingerprint density at radius 1 is 1.15 bits per heavy atom. The predicted octanol–water partition coefficient (Wildman–Crippen LogP) is 1.95. The monoisotopic (exact) mass is 382 g/mol. The Hall–Kier alpha value is -1.80. The van der Waals surface area contributed by atoms with Crippen molar-refractivity contribution in [1.82, 2.24) is 9.21 Å². The van der Waals surface area contributed by atoms with Crippen molar-refractivity contribution >= 4 is 16.1 Å². The zero-order valence-electron chi connectivity index (χ0n) is 15.0. The smallest absolute Gasteiger partial charge is 0.409 e. The minimum Gasteiger partial charge on any atom is -0.493 e. The first-order chi connectivity index (χ1) is 12.5. The average Bonchev–Trinajstić information content (AvgIpc) is 2.61. The van der Waals surface area contributed by atoms with Gasteiger partial charge in [0.2, 0.25) is 10.0 Å². The number of para-hydroxylation sites is 1. The molecule has 0 spiro atoms. The quantitative estimate of drug-likeness (QED) is 0.752. The summed E-state index contributed by atoms with van der Waals surface area (Å²) in [7, 11) is -3.30. The van der Waals surface area contributed by atoms with Crippen molar-refractivity contribution in [3.63, 3.8) is 0 Å². The molecule has 0 aliphatic carbocycles. The van der Waals surface area contributed by atoms with Crippen LogP contribution in [-0.2, 0) is 14.8 Å². The van der Waals surface area contributed by atoms with E-state index in [1.807, 2.05) is 30.3 Å². The van der Waals surface area contributed by atoms with E-state index in [0.29, 0.717) is 52.2 Å². The number of carbonyl (C=O) groups is 1. The van der Waals surface area contributed by atoms with E-state index in [4.69, 9.17) is 9.47 Å². The number of nitrogens with zero attached hydrogens (tertiary/aromatic N) is 2. The van der Waals surface area contributed by atoms with Crippen LogP contribution in [0.3, 0.4) is 0 Å². The van der Waals surface area contributed by atoms with Gasteiger partial charge in [0.05, 0.1) is 18.5 Å². The molecule has 0 radical (unpaired) electrons. The molecule has 1 aromatic carbocycles. The molecule has 2 aliphatic heterocycles. The summed E-state index contributed by atoms with van der Waals surface area (Å²) >= 11 is 0. The number of ether oxygens (including phenoxy) is 2. The van der Waals surface area contributed by atoms with Crippen molar-refractivity contribution in [3.8, 4) is 5.75 Å². The van der Waals surface area contributed by atoms with Gasteiger partial charge in [0, 0.05) is 32.1 Å². The van der Waals surface area contributed by atoms with E-state index in [1.165, 1.54) is 0 Å². The van der Waals surface area contributed by atoms with Crippen LogP contribution in [0.15, 0.2) is 30.3 Å². The zero-order valence-corrected chi connectivity index (χ0v) is 15.9. The number of hydrogen-bond acceptors (Lipinski definition) is 5. The molecule has 26 heavy (non-hydrogen) atoms. The van der Waals surface area contributed by atoms with Crippen LogP contribution >= 0.6 is 0 Å². The lowest BCUT2D eigenvalue weighted by Crippen LogP contribution is -2.56. The standard InChI is InChI=1S/C18H26N2O5S/c1-2-24-18(21)19-10-8-17(9-11-19)26(22,23)20-12-15(13-20)14-25-16-6-4-3-5-7-16/h3-7,15,17H,2,8-14H2,1H3. The van der Waals surface area contributed by atoms with Gasteiger partial charge in [-0.2, -0.15) is 0 Å². The SMILES string of the molecule is CCOC(=O)N1CCC(S(=O)(=O)N2CC(COc3ccccc3)C2)CC1. The number of benzene rings is 1. The predicted molar refractivity (Wildman–Crippen MR) is 97.5 cm³/mol. The topological polar surface area (TPSA) is 76.2 Å². The lowest BCUT2D eigenvalue weighted by Gasteiger charge is -2.41. The third-order valence-corrected chi connectivity index (χ3v) is 7.23. The highest BCUT2D eigenvalue weighted by molar-refractivity contribution is 7.89. The minimum atomic E-state index is -3.30. The lowest BCUT2D eigenvalue weighted by molar-refractivity contribution is 0.0983. The van der Waals surface area contributed by atoms with Gasteiger partial charge in [0.15, 0.2) is 0 Å². The summed E-state index contributed by atoms with van der Waals surface area (Å²) in [6.07, 6.45) is 0.566.